The molecule has 0 fully saturated rings. The van der Waals surface area contributed by atoms with Gasteiger partial charge in [0.05, 0.1) is 5.54 Å². The number of hydrogen-bond acceptors (Lipinski definition) is 2. The molecule has 2 N–H and O–H groups in total. The van der Waals surface area contributed by atoms with Gasteiger partial charge in [-0.3, -0.25) is 5.32 Å². The maximum atomic E-state index is 5.34. The normalized spacial score (nSPS) is 11.2. The number of rotatable bonds is 3. The van der Waals surface area contributed by atoms with E-state index in [1.165, 1.54) is 0 Å². The molecule has 0 radical (unpaired) electrons. The quantitative estimate of drug-likeness (QED) is 0.681. The zero-order valence-electron chi connectivity index (χ0n) is 8.31. The second-order valence-electron chi connectivity index (χ2n) is 3.62. The molecule has 0 amide bonds. The van der Waals surface area contributed by atoms with Gasteiger partial charge >= 0.3 is 0 Å². The predicted molar refractivity (Wildman–Crippen MR) is 53.1 cm³/mol. The van der Waals surface area contributed by atoms with E-state index in [1.807, 2.05) is 27.0 Å². The van der Waals surface area contributed by atoms with E-state index in [1.54, 1.807) is 0 Å². The molecule has 1 aromatic heterocycles. The van der Waals surface area contributed by atoms with Crippen LogP contribution in [-0.4, -0.2) is 15.5 Å². The van der Waals surface area contributed by atoms with Crippen molar-refractivity contribution in [1.29, 1.82) is 0 Å². The van der Waals surface area contributed by atoms with Crippen LogP contribution in [0.2, 0.25) is 0 Å². The molecule has 70 valence electrons. The van der Waals surface area contributed by atoms with Gasteiger partial charge in [0.1, 0.15) is 5.82 Å². The van der Waals surface area contributed by atoms with Crippen molar-refractivity contribution in [1.82, 2.24) is 15.3 Å². The minimum absolute atomic E-state index is 0.265. The Bertz CT molecular complexity index is 317. The van der Waals surface area contributed by atoms with Crippen molar-refractivity contribution < 1.29 is 0 Å². The fourth-order valence-corrected chi connectivity index (χ4v) is 0.929. The van der Waals surface area contributed by atoms with E-state index in [0.29, 0.717) is 0 Å². The Labute approximate surface area is 79.0 Å². The van der Waals surface area contributed by atoms with Gasteiger partial charge in [-0.15, -0.1) is 6.42 Å². The molecule has 1 aromatic rings. The number of nitrogens with zero attached hydrogens (tertiary/aromatic N) is 1. The van der Waals surface area contributed by atoms with Gasteiger partial charge in [-0.2, -0.15) is 0 Å². The molecule has 0 aromatic carbocycles. The van der Waals surface area contributed by atoms with E-state index >= 15 is 0 Å². The maximum absolute atomic E-state index is 5.34. The van der Waals surface area contributed by atoms with Gasteiger partial charge in [-0.25, -0.2) is 4.98 Å². The number of aromatic nitrogens is 2. The third-order valence-corrected chi connectivity index (χ3v) is 1.84. The second kappa shape index (κ2) is 3.63. The summed E-state index contributed by atoms with van der Waals surface area (Å²) in [5.41, 5.74) is 0.791. The molecule has 0 atom stereocenters. The molecule has 0 spiro atoms. The van der Waals surface area contributed by atoms with Crippen LogP contribution in [0.3, 0.4) is 0 Å². The Hall–Kier alpha value is -1.27. The molecular weight excluding hydrogens is 162 g/mol. The lowest BCUT2D eigenvalue weighted by molar-refractivity contribution is 0.487. The van der Waals surface area contributed by atoms with E-state index < -0.39 is 0 Å². The van der Waals surface area contributed by atoms with Crippen molar-refractivity contribution in [2.24, 2.45) is 0 Å². The topological polar surface area (TPSA) is 40.7 Å². The molecule has 0 aliphatic carbocycles. The lowest BCUT2D eigenvalue weighted by Crippen LogP contribution is -2.37. The molecule has 13 heavy (non-hydrogen) atoms. The molecule has 0 bridgehead atoms. The summed E-state index contributed by atoms with van der Waals surface area (Å²) >= 11 is 0. The van der Waals surface area contributed by atoms with Crippen LogP contribution >= 0.6 is 0 Å². The van der Waals surface area contributed by atoms with Crippen LogP contribution in [0.1, 0.15) is 25.4 Å². The Balaban J connectivity index is 2.49. The van der Waals surface area contributed by atoms with E-state index in [-0.39, 0.29) is 5.54 Å². The molecule has 0 saturated carbocycles. The van der Waals surface area contributed by atoms with Gasteiger partial charge in [-0.05, 0) is 20.8 Å². The Morgan fingerprint density at radius 3 is 2.85 bits per heavy atom. The highest BCUT2D eigenvalue weighted by atomic mass is 15.0. The third-order valence-electron chi connectivity index (χ3n) is 1.84. The highest BCUT2D eigenvalue weighted by Crippen LogP contribution is 2.02. The van der Waals surface area contributed by atoms with Gasteiger partial charge < -0.3 is 4.98 Å². The first-order valence-electron chi connectivity index (χ1n) is 4.27. The molecule has 1 rings (SSSR count). The fraction of sp³-hybridized carbons (Fsp3) is 0.500. The van der Waals surface area contributed by atoms with Crippen LogP contribution in [0.4, 0.5) is 0 Å². The molecule has 0 aliphatic rings. The summed E-state index contributed by atoms with van der Waals surface area (Å²) in [6.07, 6.45) is 7.15. The van der Waals surface area contributed by atoms with Gasteiger partial charge in [0.15, 0.2) is 0 Å². The van der Waals surface area contributed by atoms with Crippen LogP contribution in [0.25, 0.3) is 0 Å². The van der Waals surface area contributed by atoms with Crippen molar-refractivity contribution in [3.05, 3.63) is 17.7 Å². The summed E-state index contributed by atoms with van der Waals surface area (Å²) in [5, 5.41) is 3.23. The minimum Gasteiger partial charge on any atom is -0.345 e. The molecule has 0 saturated heterocycles. The largest absolute Gasteiger partial charge is 0.345 e. The van der Waals surface area contributed by atoms with Crippen LogP contribution < -0.4 is 5.32 Å². The molecule has 0 aliphatic heterocycles. The van der Waals surface area contributed by atoms with E-state index in [0.717, 1.165) is 18.1 Å². The molecule has 3 heteroatoms. The molecule has 3 nitrogen and oxygen atoms in total. The van der Waals surface area contributed by atoms with Gasteiger partial charge in [-0.1, -0.05) is 5.92 Å². The third kappa shape index (κ3) is 2.92. The molecule has 1 heterocycles. The highest BCUT2D eigenvalue weighted by Gasteiger charge is 2.12. The number of aromatic amines is 1. The van der Waals surface area contributed by atoms with Crippen molar-refractivity contribution in [2.45, 2.75) is 32.9 Å². The van der Waals surface area contributed by atoms with Gasteiger partial charge in [0.25, 0.3) is 0 Å². The summed E-state index contributed by atoms with van der Waals surface area (Å²) < 4.78 is 0. The lowest BCUT2D eigenvalue weighted by Gasteiger charge is -2.18. The van der Waals surface area contributed by atoms with Gasteiger partial charge in [0.2, 0.25) is 0 Å². The minimum atomic E-state index is -0.265. The first kappa shape index (κ1) is 9.82. The van der Waals surface area contributed by atoms with Crippen molar-refractivity contribution in [3.8, 4) is 12.3 Å². The van der Waals surface area contributed by atoms with Crippen molar-refractivity contribution >= 4 is 0 Å². The summed E-state index contributed by atoms with van der Waals surface area (Å²) in [7, 11) is 0. The standard InChI is InChI=1S/C10H15N3/c1-5-10(3,4)12-7-9-6-11-8(2)13-9/h1,6,12H,7H2,2-4H3,(H,11,13). The molecule has 0 unspecified atom stereocenters. The van der Waals surface area contributed by atoms with E-state index in [4.69, 9.17) is 6.42 Å². The fourth-order valence-electron chi connectivity index (χ4n) is 0.929. The zero-order valence-corrected chi connectivity index (χ0v) is 8.31. The smallest absolute Gasteiger partial charge is 0.103 e. The number of hydrogen-bond donors (Lipinski definition) is 2. The van der Waals surface area contributed by atoms with Crippen LogP contribution in [-0.2, 0) is 6.54 Å². The van der Waals surface area contributed by atoms with E-state index in [9.17, 15) is 0 Å². The number of imidazole rings is 1. The van der Waals surface area contributed by atoms with E-state index in [2.05, 4.69) is 21.2 Å². The Morgan fingerprint density at radius 1 is 1.69 bits per heavy atom. The SMILES string of the molecule is C#CC(C)(C)NCc1cnc(C)[nH]1. The zero-order chi connectivity index (χ0) is 9.90. The predicted octanol–water partition coefficient (Wildman–Crippen LogP) is 1.22. The summed E-state index contributed by atoms with van der Waals surface area (Å²) in [6.45, 7) is 6.58. The van der Waals surface area contributed by atoms with Gasteiger partial charge in [0, 0.05) is 18.4 Å². The van der Waals surface area contributed by atoms with Crippen molar-refractivity contribution in [2.75, 3.05) is 0 Å². The highest BCUT2D eigenvalue weighted by molar-refractivity contribution is 5.09. The maximum Gasteiger partial charge on any atom is 0.103 e. The van der Waals surface area contributed by atoms with Crippen LogP contribution in [0.5, 0.6) is 0 Å². The number of aryl methyl sites for hydroxylation is 1. The first-order valence-corrected chi connectivity index (χ1v) is 4.27. The molecular formula is C10H15N3. The summed E-state index contributed by atoms with van der Waals surface area (Å²) in [6, 6.07) is 0. The average Bonchev–Trinajstić information content (AvgIpc) is 2.48. The number of nitrogens with one attached hydrogen (secondary N) is 2. The Morgan fingerprint density at radius 2 is 2.38 bits per heavy atom. The number of H-pyrrole nitrogens is 1. The summed E-state index contributed by atoms with van der Waals surface area (Å²) in [4.78, 5) is 7.23. The second-order valence-corrected chi connectivity index (χ2v) is 3.62. The summed E-state index contributed by atoms with van der Waals surface area (Å²) in [5.74, 6) is 3.60. The monoisotopic (exact) mass is 177 g/mol. The average molecular weight is 177 g/mol. The van der Waals surface area contributed by atoms with Crippen molar-refractivity contribution in [3.63, 3.8) is 0 Å². The first-order chi connectivity index (χ1) is 6.03. The Kier molecular flexibility index (Phi) is 2.74. The number of terminal acetylenes is 1. The lowest BCUT2D eigenvalue weighted by atomic mass is 10.1. The van der Waals surface area contributed by atoms with Crippen LogP contribution in [0.15, 0.2) is 6.20 Å². The van der Waals surface area contributed by atoms with Crippen LogP contribution in [0, 0.1) is 19.3 Å².